The van der Waals surface area contributed by atoms with E-state index < -0.39 is 0 Å². The number of fused-ring (bicyclic) bond motifs is 1. The Bertz CT molecular complexity index is 734. The zero-order valence-electron chi connectivity index (χ0n) is 12.4. The Morgan fingerprint density at radius 2 is 2.09 bits per heavy atom. The van der Waals surface area contributed by atoms with E-state index in [4.69, 9.17) is 11.6 Å². The molecule has 0 amide bonds. The predicted molar refractivity (Wildman–Crippen MR) is 90.9 cm³/mol. The van der Waals surface area contributed by atoms with Crippen molar-refractivity contribution < 1.29 is 5.11 Å². The highest BCUT2D eigenvalue weighted by Crippen LogP contribution is 2.26. The van der Waals surface area contributed by atoms with Crippen molar-refractivity contribution in [3.05, 3.63) is 35.5 Å². The van der Waals surface area contributed by atoms with Crippen molar-refractivity contribution in [2.45, 2.75) is 19.4 Å². The van der Waals surface area contributed by atoms with Gasteiger partial charge in [0, 0.05) is 24.2 Å². The first-order valence-corrected chi connectivity index (χ1v) is 8.24. The first-order chi connectivity index (χ1) is 10.5. The molecule has 5 nitrogen and oxygen atoms in total. The van der Waals surface area contributed by atoms with E-state index in [0.29, 0.717) is 11.4 Å². The molecule has 0 saturated heterocycles. The Labute approximate surface area is 137 Å². The van der Waals surface area contributed by atoms with Crippen LogP contribution in [0.3, 0.4) is 0 Å². The van der Waals surface area contributed by atoms with Crippen LogP contribution in [0.1, 0.15) is 13.3 Å². The van der Waals surface area contributed by atoms with Gasteiger partial charge in [-0.05, 0) is 25.5 Å². The fourth-order valence-corrected chi connectivity index (χ4v) is 3.08. The lowest BCUT2D eigenvalue weighted by atomic mass is 10.2. The van der Waals surface area contributed by atoms with Crippen LogP contribution in [-0.4, -0.2) is 39.4 Å². The SMILES string of the molecule is CC(O)CCN(C)c1nn2cc(-c3ccc(Cl)cc3)nc2s1. The maximum Gasteiger partial charge on any atom is 0.214 e. The molecule has 3 rings (SSSR count). The van der Waals surface area contributed by atoms with E-state index in [1.165, 1.54) is 11.3 Å². The van der Waals surface area contributed by atoms with Gasteiger partial charge < -0.3 is 10.0 Å². The number of nitrogens with zero attached hydrogens (tertiary/aromatic N) is 4. The quantitative estimate of drug-likeness (QED) is 0.776. The number of aromatic nitrogens is 3. The molecule has 2 heterocycles. The topological polar surface area (TPSA) is 53.7 Å². The van der Waals surface area contributed by atoms with E-state index in [-0.39, 0.29) is 6.10 Å². The van der Waals surface area contributed by atoms with E-state index in [0.717, 1.165) is 27.9 Å². The van der Waals surface area contributed by atoms with Crippen LogP contribution in [0.5, 0.6) is 0 Å². The molecule has 1 N–H and O–H groups in total. The lowest BCUT2D eigenvalue weighted by molar-refractivity contribution is 0.187. The van der Waals surface area contributed by atoms with Gasteiger partial charge in [-0.15, -0.1) is 5.10 Å². The second-order valence-corrected chi connectivity index (χ2v) is 6.67. The van der Waals surface area contributed by atoms with Crippen LogP contribution in [-0.2, 0) is 0 Å². The summed E-state index contributed by atoms with van der Waals surface area (Å²) in [6.07, 6.45) is 2.33. The first-order valence-electron chi connectivity index (χ1n) is 7.04. The molecule has 1 aromatic carbocycles. The number of hydrogen-bond acceptors (Lipinski definition) is 5. The van der Waals surface area contributed by atoms with Gasteiger partial charge in [-0.2, -0.15) is 0 Å². The molecule has 1 unspecified atom stereocenters. The highest BCUT2D eigenvalue weighted by molar-refractivity contribution is 7.20. The molecule has 1 atom stereocenters. The highest BCUT2D eigenvalue weighted by atomic mass is 35.5. The zero-order chi connectivity index (χ0) is 15.7. The summed E-state index contributed by atoms with van der Waals surface area (Å²) >= 11 is 7.44. The van der Waals surface area contributed by atoms with E-state index >= 15 is 0 Å². The number of aliphatic hydroxyl groups excluding tert-OH is 1. The normalized spacial score (nSPS) is 12.7. The molecular formula is C15H17ClN4OS. The fourth-order valence-electron chi connectivity index (χ4n) is 2.08. The van der Waals surface area contributed by atoms with Crippen molar-refractivity contribution in [2.24, 2.45) is 0 Å². The fraction of sp³-hybridized carbons (Fsp3) is 0.333. The van der Waals surface area contributed by atoms with Crippen LogP contribution in [0.15, 0.2) is 30.5 Å². The van der Waals surface area contributed by atoms with Gasteiger partial charge in [-0.25, -0.2) is 9.50 Å². The summed E-state index contributed by atoms with van der Waals surface area (Å²) in [7, 11) is 1.97. The summed E-state index contributed by atoms with van der Waals surface area (Å²) in [5.74, 6) is 0. The van der Waals surface area contributed by atoms with Crippen molar-refractivity contribution in [1.82, 2.24) is 14.6 Å². The van der Waals surface area contributed by atoms with Crippen LogP contribution in [0.2, 0.25) is 5.02 Å². The average Bonchev–Trinajstić information content (AvgIpc) is 3.04. The third-order valence-electron chi connectivity index (χ3n) is 3.38. The summed E-state index contributed by atoms with van der Waals surface area (Å²) in [4.78, 5) is 7.50. The third-order valence-corrected chi connectivity index (χ3v) is 4.67. The molecule has 0 bridgehead atoms. The van der Waals surface area contributed by atoms with Crippen molar-refractivity contribution >= 4 is 33.0 Å². The van der Waals surface area contributed by atoms with Gasteiger partial charge >= 0.3 is 0 Å². The van der Waals surface area contributed by atoms with E-state index in [9.17, 15) is 5.11 Å². The minimum absolute atomic E-state index is 0.303. The van der Waals surface area contributed by atoms with E-state index in [1.54, 1.807) is 11.4 Å². The van der Waals surface area contributed by atoms with Gasteiger partial charge in [0.05, 0.1) is 18.0 Å². The monoisotopic (exact) mass is 336 g/mol. The predicted octanol–water partition coefficient (Wildman–Crippen LogP) is 3.32. The Morgan fingerprint density at radius 3 is 2.73 bits per heavy atom. The standard InChI is InChI=1S/C15H17ClN4OS/c1-10(21)7-8-19(2)15-18-20-9-13(17-14(20)22-15)11-3-5-12(16)6-4-11/h3-6,9-10,21H,7-8H2,1-2H3. The number of aliphatic hydroxyl groups is 1. The minimum atomic E-state index is -0.303. The molecule has 0 radical (unpaired) electrons. The molecule has 0 fully saturated rings. The summed E-state index contributed by atoms with van der Waals surface area (Å²) in [5, 5.41) is 15.5. The molecule has 2 aromatic heterocycles. The average molecular weight is 337 g/mol. The maximum absolute atomic E-state index is 9.36. The smallest absolute Gasteiger partial charge is 0.214 e. The van der Waals surface area contributed by atoms with Crippen molar-refractivity contribution in [2.75, 3.05) is 18.5 Å². The molecule has 0 saturated carbocycles. The Hall–Kier alpha value is -1.63. The molecule has 0 spiro atoms. The van der Waals surface area contributed by atoms with E-state index in [2.05, 4.69) is 10.1 Å². The van der Waals surface area contributed by atoms with Gasteiger partial charge in [-0.1, -0.05) is 35.1 Å². The second kappa shape index (κ2) is 6.24. The third kappa shape index (κ3) is 3.24. The zero-order valence-corrected chi connectivity index (χ0v) is 14.0. The molecule has 116 valence electrons. The number of halogens is 1. The summed E-state index contributed by atoms with van der Waals surface area (Å²) in [6.45, 7) is 2.55. The van der Waals surface area contributed by atoms with Crippen LogP contribution in [0, 0.1) is 0 Å². The molecular weight excluding hydrogens is 320 g/mol. The maximum atomic E-state index is 9.36. The lowest BCUT2D eigenvalue weighted by Gasteiger charge is -2.15. The summed E-state index contributed by atoms with van der Waals surface area (Å²) in [6, 6.07) is 7.61. The first kappa shape index (κ1) is 15.3. The van der Waals surface area contributed by atoms with Crippen LogP contribution in [0.4, 0.5) is 5.13 Å². The van der Waals surface area contributed by atoms with Crippen LogP contribution < -0.4 is 4.90 Å². The van der Waals surface area contributed by atoms with Crippen molar-refractivity contribution in [3.63, 3.8) is 0 Å². The van der Waals surface area contributed by atoms with Gasteiger partial charge in [0.2, 0.25) is 10.1 Å². The van der Waals surface area contributed by atoms with Gasteiger partial charge in [-0.3, -0.25) is 0 Å². The Morgan fingerprint density at radius 1 is 1.36 bits per heavy atom. The number of imidazole rings is 1. The number of hydrogen-bond donors (Lipinski definition) is 1. The van der Waals surface area contributed by atoms with Crippen molar-refractivity contribution in [3.8, 4) is 11.3 Å². The molecule has 0 aliphatic rings. The lowest BCUT2D eigenvalue weighted by Crippen LogP contribution is -2.21. The summed E-state index contributed by atoms with van der Waals surface area (Å²) in [5.41, 5.74) is 1.90. The van der Waals surface area contributed by atoms with Crippen LogP contribution >= 0.6 is 22.9 Å². The van der Waals surface area contributed by atoms with Crippen LogP contribution in [0.25, 0.3) is 16.2 Å². The minimum Gasteiger partial charge on any atom is -0.393 e. The Kier molecular flexibility index (Phi) is 4.33. The van der Waals surface area contributed by atoms with Gasteiger partial charge in [0.25, 0.3) is 0 Å². The largest absolute Gasteiger partial charge is 0.393 e. The number of benzene rings is 1. The summed E-state index contributed by atoms with van der Waals surface area (Å²) < 4.78 is 1.79. The van der Waals surface area contributed by atoms with Gasteiger partial charge in [0.1, 0.15) is 0 Å². The van der Waals surface area contributed by atoms with Gasteiger partial charge in [0.15, 0.2) is 0 Å². The second-order valence-electron chi connectivity index (χ2n) is 5.30. The number of rotatable bonds is 5. The molecule has 7 heteroatoms. The molecule has 0 aliphatic carbocycles. The Balaban J connectivity index is 1.81. The molecule has 22 heavy (non-hydrogen) atoms. The molecule has 0 aliphatic heterocycles. The number of anilines is 1. The molecule has 3 aromatic rings. The van der Waals surface area contributed by atoms with E-state index in [1.807, 2.05) is 42.4 Å². The van der Waals surface area contributed by atoms with Crippen molar-refractivity contribution in [1.29, 1.82) is 0 Å². The highest BCUT2D eigenvalue weighted by Gasteiger charge is 2.13.